The minimum atomic E-state index is -0.479. The van der Waals surface area contributed by atoms with Gasteiger partial charge in [0.1, 0.15) is 0 Å². The van der Waals surface area contributed by atoms with Crippen LogP contribution in [0.5, 0.6) is 0 Å². The highest BCUT2D eigenvalue weighted by molar-refractivity contribution is 4.90. The summed E-state index contributed by atoms with van der Waals surface area (Å²) in [5, 5.41) is 23.2. The summed E-state index contributed by atoms with van der Waals surface area (Å²) >= 11 is 0. The van der Waals surface area contributed by atoms with E-state index in [1.165, 1.54) is 32.1 Å². The third kappa shape index (κ3) is 5.51. The molecule has 4 nitrogen and oxygen atoms in total. The molecule has 2 saturated carbocycles. The quantitative estimate of drug-likeness (QED) is 0.674. The van der Waals surface area contributed by atoms with Gasteiger partial charge in [-0.05, 0) is 31.6 Å². The van der Waals surface area contributed by atoms with Crippen LogP contribution in [0.1, 0.15) is 64.7 Å². The van der Waals surface area contributed by atoms with Crippen molar-refractivity contribution in [2.45, 2.75) is 82.5 Å². The number of nitrogens with one attached hydrogen (secondary N) is 1. The van der Waals surface area contributed by atoms with Gasteiger partial charge in [-0.25, -0.2) is 0 Å². The summed E-state index contributed by atoms with van der Waals surface area (Å²) in [6, 6.07) is 0. The highest BCUT2D eigenvalue weighted by atomic mass is 16.5. The highest BCUT2D eigenvalue weighted by Gasteiger charge is 2.31. The second kappa shape index (κ2) is 8.47. The van der Waals surface area contributed by atoms with Crippen LogP contribution in [0.25, 0.3) is 0 Å². The summed E-state index contributed by atoms with van der Waals surface area (Å²) in [6.07, 6.45) is 10.3. The fraction of sp³-hybridized carbons (Fsp3) is 1.00. The zero-order valence-corrected chi connectivity index (χ0v) is 13.5. The molecule has 0 amide bonds. The van der Waals surface area contributed by atoms with Crippen LogP contribution in [-0.2, 0) is 4.74 Å². The Labute approximate surface area is 129 Å². The summed E-state index contributed by atoms with van der Waals surface area (Å²) in [5.41, 5.74) is -0.168. The molecule has 4 heteroatoms. The van der Waals surface area contributed by atoms with E-state index in [1.807, 2.05) is 0 Å². The van der Waals surface area contributed by atoms with Crippen molar-refractivity contribution in [2.24, 2.45) is 5.92 Å². The molecule has 0 radical (unpaired) electrons. The normalized spacial score (nSPS) is 31.0. The largest absolute Gasteiger partial charge is 0.394 e. The first-order chi connectivity index (χ1) is 10.1. The van der Waals surface area contributed by atoms with Crippen LogP contribution in [0.4, 0.5) is 0 Å². The first kappa shape index (κ1) is 17.2. The Kier molecular flexibility index (Phi) is 6.93. The van der Waals surface area contributed by atoms with E-state index in [-0.39, 0.29) is 12.1 Å². The minimum absolute atomic E-state index is 0.167. The van der Waals surface area contributed by atoms with Crippen LogP contribution >= 0.6 is 0 Å². The molecule has 0 spiro atoms. The summed E-state index contributed by atoms with van der Waals surface area (Å²) in [4.78, 5) is 0. The zero-order valence-electron chi connectivity index (χ0n) is 13.5. The highest BCUT2D eigenvalue weighted by Crippen LogP contribution is 2.28. The van der Waals surface area contributed by atoms with Gasteiger partial charge in [0.15, 0.2) is 0 Å². The number of ether oxygens (including phenoxy) is 1. The van der Waals surface area contributed by atoms with E-state index in [0.717, 1.165) is 31.6 Å². The molecule has 0 aromatic carbocycles. The van der Waals surface area contributed by atoms with E-state index in [2.05, 4.69) is 12.2 Å². The van der Waals surface area contributed by atoms with Gasteiger partial charge >= 0.3 is 0 Å². The molecule has 0 bridgehead atoms. The molecule has 0 heterocycles. The molecule has 3 N–H and O–H groups in total. The lowest BCUT2D eigenvalue weighted by molar-refractivity contribution is -0.0341. The third-order valence-electron chi connectivity index (χ3n) is 5.24. The smallest absolute Gasteiger partial charge is 0.0898 e. The molecule has 3 unspecified atom stereocenters. The summed E-state index contributed by atoms with van der Waals surface area (Å²) in [6.45, 7) is 3.37. The lowest BCUT2D eigenvalue weighted by Crippen LogP contribution is -2.52. The van der Waals surface area contributed by atoms with Gasteiger partial charge in [-0.2, -0.15) is 0 Å². The van der Waals surface area contributed by atoms with E-state index in [0.29, 0.717) is 19.3 Å². The third-order valence-corrected chi connectivity index (χ3v) is 5.24. The SMILES string of the molecule is CC1CCCC(OCC(O)CNC2(CO)CCCCC2)C1. The molecule has 2 aliphatic carbocycles. The van der Waals surface area contributed by atoms with Gasteiger partial charge < -0.3 is 20.3 Å². The number of hydrogen-bond donors (Lipinski definition) is 3. The number of rotatable bonds is 7. The van der Waals surface area contributed by atoms with Crippen LogP contribution in [0.2, 0.25) is 0 Å². The predicted molar refractivity (Wildman–Crippen MR) is 84.3 cm³/mol. The van der Waals surface area contributed by atoms with Gasteiger partial charge in [0.05, 0.1) is 25.4 Å². The van der Waals surface area contributed by atoms with Crippen molar-refractivity contribution in [3.8, 4) is 0 Å². The van der Waals surface area contributed by atoms with Gasteiger partial charge in [-0.3, -0.25) is 0 Å². The first-order valence-corrected chi connectivity index (χ1v) is 8.79. The molecule has 21 heavy (non-hydrogen) atoms. The van der Waals surface area contributed by atoms with Crippen LogP contribution in [0.3, 0.4) is 0 Å². The maximum Gasteiger partial charge on any atom is 0.0898 e. The van der Waals surface area contributed by atoms with Gasteiger partial charge in [-0.15, -0.1) is 0 Å². The van der Waals surface area contributed by atoms with Gasteiger partial charge in [-0.1, -0.05) is 39.0 Å². The van der Waals surface area contributed by atoms with E-state index in [9.17, 15) is 10.2 Å². The summed E-state index contributed by atoms with van der Waals surface area (Å²) < 4.78 is 5.87. The second-order valence-electron chi connectivity index (χ2n) is 7.26. The molecule has 0 saturated heterocycles. The van der Waals surface area contributed by atoms with Crippen LogP contribution in [0, 0.1) is 5.92 Å². The lowest BCUT2D eigenvalue weighted by atomic mass is 9.82. The van der Waals surface area contributed by atoms with Crippen molar-refractivity contribution < 1.29 is 14.9 Å². The molecule has 0 aliphatic heterocycles. The monoisotopic (exact) mass is 299 g/mol. The van der Waals surface area contributed by atoms with E-state index < -0.39 is 6.10 Å². The van der Waals surface area contributed by atoms with Gasteiger partial charge in [0.25, 0.3) is 0 Å². The standard InChI is InChI=1S/C17H33NO3/c1-14-6-5-7-16(10-14)21-12-15(20)11-18-17(13-19)8-3-2-4-9-17/h14-16,18-20H,2-13H2,1H3. The molecule has 124 valence electrons. The second-order valence-corrected chi connectivity index (χ2v) is 7.26. The average Bonchev–Trinajstić information content (AvgIpc) is 2.52. The predicted octanol–water partition coefficient (Wildman–Crippen LogP) is 2.23. The molecule has 3 atom stereocenters. The maximum atomic E-state index is 10.1. The van der Waals surface area contributed by atoms with Crippen molar-refractivity contribution in [1.29, 1.82) is 0 Å². The molecule has 0 aromatic heterocycles. The summed E-state index contributed by atoms with van der Waals surface area (Å²) in [5.74, 6) is 0.749. The number of aliphatic hydroxyl groups excluding tert-OH is 2. The number of β-amino-alcohol motifs (C(OH)–C–C–N with tert-alkyl or cyclic N) is 1. The molecular formula is C17H33NO3. The average molecular weight is 299 g/mol. The Morgan fingerprint density at radius 1 is 1.19 bits per heavy atom. The Morgan fingerprint density at radius 2 is 1.95 bits per heavy atom. The fourth-order valence-corrected chi connectivity index (χ4v) is 3.79. The Balaban J connectivity index is 1.65. The van der Waals surface area contributed by atoms with Crippen LogP contribution in [-0.4, -0.2) is 47.7 Å². The maximum absolute atomic E-state index is 10.1. The van der Waals surface area contributed by atoms with E-state index in [1.54, 1.807) is 0 Å². The van der Waals surface area contributed by atoms with Crippen molar-refractivity contribution in [1.82, 2.24) is 5.32 Å². The van der Waals surface area contributed by atoms with Crippen molar-refractivity contribution in [3.63, 3.8) is 0 Å². The zero-order chi connectivity index (χ0) is 15.1. The molecule has 0 aromatic rings. The minimum Gasteiger partial charge on any atom is -0.394 e. The van der Waals surface area contributed by atoms with Crippen molar-refractivity contribution >= 4 is 0 Å². The molecule has 2 rings (SSSR count). The lowest BCUT2D eigenvalue weighted by Gasteiger charge is -2.37. The molecule has 2 aliphatic rings. The fourth-order valence-electron chi connectivity index (χ4n) is 3.79. The van der Waals surface area contributed by atoms with Crippen molar-refractivity contribution in [3.05, 3.63) is 0 Å². The van der Waals surface area contributed by atoms with Gasteiger partial charge in [0.2, 0.25) is 0 Å². The van der Waals surface area contributed by atoms with Crippen molar-refractivity contribution in [2.75, 3.05) is 19.8 Å². The topological polar surface area (TPSA) is 61.7 Å². The number of hydrogen-bond acceptors (Lipinski definition) is 4. The molecule has 2 fully saturated rings. The van der Waals surface area contributed by atoms with Crippen LogP contribution in [0.15, 0.2) is 0 Å². The Bertz CT molecular complexity index is 292. The Morgan fingerprint density at radius 3 is 2.62 bits per heavy atom. The van der Waals surface area contributed by atoms with Crippen LogP contribution < -0.4 is 5.32 Å². The number of aliphatic hydroxyl groups is 2. The summed E-state index contributed by atoms with van der Waals surface area (Å²) in [7, 11) is 0. The Hall–Kier alpha value is -0.160. The van der Waals surface area contributed by atoms with E-state index >= 15 is 0 Å². The first-order valence-electron chi connectivity index (χ1n) is 8.79. The van der Waals surface area contributed by atoms with Gasteiger partial charge in [0, 0.05) is 12.1 Å². The van der Waals surface area contributed by atoms with E-state index in [4.69, 9.17) is 4.74 Å². The molecular weight excluding hydrogens is 266 g/mol.